The first-order valence-corrected chi connectivity index (χ1v) is 5.11. The van der Waals surface area contributed by atoms with Crippen molar-refractivity contribution in [3.05, 3.63) is 29.6 Å². The number of nitrogens with one attached hydrogen (secondary N) is 1. The Morgan fingerprint density at radius 2 is 2.27 bits per heavy atom. The molecule has 1 rings (SSSR count). The summed E-state index contributed by atoms with van der Waals surface area (Å²) in [6.07, 6.45) is 1.08. The van der Waals surface area contributed by atoms with E-state index in [2.05, 4.69) is 19.2 Å². The largest absolute Gasteiger partial charge is 0.384 e. The molecule has 2 nitrogen and oxygen atoms in total. The smallest absolute Gasteiger partial charge is 0.124 e. The van der Waals surface area contributed by atoms with E-state index in [1.54, 1.807) is 6.07 Å². The first-order valence-electron chi connectivity index (χ1n) is 5.11. The lowest BCUT2D eigenvalue weighted by molar-refractivity contribution is 0.593. The molecule has 0 saturated heterocycles. The minimum atomic E-state index is -0.374. The van der Waals surface area contributed by atoms with Crippen molar-refractivity contribution in [2.45, 2.75) is 20.3 Å². The van der Waals surface area contributed by atoms with Crippen LogP contribution in [-0.2, 0) is 0 Å². The molecule has 0 amide bonds. The van der Waals surface area contributed by atoms with Gasteiger partial charge in [-0.25, -0.2) is 4.39 Å². The first kappa shape index (κ1) is 11.5. The predicted octanol–water partition coefficient (Wildman–Crippen LogP) is 3.16. The molecule has 1 aromatic rings. The van der Waals surface area contributed by atoms with E-state index < -0.39 is 0 Å². The second-order valence-corrected chi connectivity index (χ2v) is 3.70. The van der Waals surface area contributed by atoms with Gasteiger partial charge < -0.3 is 5.32 Å². The zero-order chi connectivity index (χ0) is 11.3. The van der Waals surface area contributed by atoms with Gasteiger partial charge in [-0.2, -0.15) is 5.26 Å². The fraction of sp³-hybridized carbons (Fsp3) is 0.417. The second-order valence-electron chi connectivity index (χ2n) is 3.70. The molecule has 1 unspecified atom stereocenters. The number of anilines is 1. The molecular weight excluding hydrogens is 191 g/mol. The molecule has 0 fully saturated rings. The Morgan fingerprint density at radius 1 is 1.53 bits per heavy atom. The van der Waals surface area contributed by atoms with E-state index in [4.69, 9.17) is 5.26 Å². The summed E-state index contributed by atoms with van der Waals surface area (Å²) in [7, 11) is 0. The molecule has 0 saturated carbocycles. The van der Waals surface area contributed by atoms with Crippen molar-refractivity contribution < 1.29 is 4.39 Å². The van der Waals surface area contributed by atoms with E-state index in [0.717, 1.165) is 13.0 Å². The minimum absolute atomic E-state index is 0.360. The van der Waals surface area contributed by atoms with Gasteiger partial charge in [0.2, 0.25) is 0 Å². The Balaban J connectivity index is 2.73. The van der Waals surface area contributed by atoms with Crippen LogP contribution in [0.3, 0.4) is 0 Å². The molecule has 0 spiro atoms. The Bertz CT molecular complexity index is 368. The lowest BCUT2D eigenvalue weighted by Crippen LogP contribution is -2.11. The molecule has 80 valence electrons. The molecule has 0 aliphatic heterocycles. The van der Waals surface area contributed by atoms with Crippen molar-refractivity contribution in [2.75, 3.05) is 11.9 Å². The highest BCUT2D eigenvalue weighted by Crippen LogP contribution is 2.16. The maximum absolute atomic E-state index is 12.8. The van der Waals surface area contributed by atoms with Gasteiger partial charge in [-0.15, -0.1) is 0 Å². The number of rotatable bonds is 4. The molecule has 1 atom stereocenters. The highest BCUT2D eigenvalue weighted by molar-refractivity contribution is 5.57. The van der Waals surface area contributed by atoms with Gasteiger partial charge in [0.1, 0.15) is 11.9 Å². The van der Waals surface area contributed by atoms with Crippen LogP contribution >= 0.6 is 0 Å². The molecular formula is C12H15FN2. The predicted molar refractivity (Wildman–Crippen MR) is 59.1 cm³/mol. The van der Waals surface area contributed by atoms with E-state index in [1.165, 1.54) is 12.1 Å². The van der Waals surface area contributed by atoms with Gasteiger partial charge >= 0.3 is 0 Å². The van der Waals surface area contributed by atoms with Gasteiger partial charge in [0.05, 0.1) is 11.3 Å². The normalized spacial score (nSPS) is 11.9. The summed E-state index contributed by atoms with van der Waals surface area (Å²) in [5, 5.41) is 12.0. The average Bonchev–Trinajstić information content (AvgIpc) is 2.26. The van der Waals surface area contributed by atoms with Crippen LogP contribution in [0.1, 0.15) is 25.8 Å². The Morgan fingerprint density at radius 3 is 2.87 bits per heavy atom. The van der Waals surface area contributed by atoms with Crippen molar-refractivity contribution in [1.82, 2.24) is 0 Å². The van der Waals surface area contributed by atoms with E-state index in [-0.39, 0.29) is 5.82 Å². The third-order valence-corrected chi connectivity index (χ3v) is 2.44. The average molecular weight is 206 g/mol. The van der Waals surface area contributed by atoms with Crippen molar-refractivity contribution >= 4 is 5.69 Å². The number of hydrogen-bond acceptors (Lipinski definition) is 2. The zero-order valence-corrected chi connectivity index (χ0v) is 9.05. The van der Waals surface area contributed by atoms with Gasteiger partial charge in [0, 0.05) is 6.54 Å². The first-order chi connectivity index (χ1) is 7.17. The minimum Gasteiger partial charge on any atom is -0.384 e. The van der Waals surface area contributed by atoms with Crippen LogP contribution < -0.4 is 5.32 Å². The number of benzene rings is 1. The Kier molecular flexibility index (Phi) is 4.11. The fourth-order valence-electron chi connectivity index (χ4n) is 1.19. The van der Waals surface area contributed by atoms with E-state index in [9.17, 15) is 4.39 Å². The van der Waals surface area contributed by atoms with Gasteiger partial charge in [-0.1, -0.05) is 20.3 Å². The van der Waals surface area contributed by atoms with Crippen LogP contribution in [0.4, 0.5) is 10.1 Å². The number of nitrogens with zero attached hydrogens (tertiary/aromatic N) is 1. The molecule has 0 aliphatic carbocycles. The monoisotopic (exact) mass is 206 g/mol. The highest BCUT2D eigenvalue weighted by Gasteiger charge is 2.04. The van der Waals surface area contributed by atoms with Crippen LogP contribution in [0.25, 0.3) is 0 Å². The van der Waals surface area contributed by atoms with Crippen LogP contribution in [0.2, 0.25) is 0 Å². The Hall–Kier alpha value is -1.56. The Labute approximate surface area is 89.7 Å². The van der Waals surface area contributed by atoms with Gasteiger partial charge in [-0.3, -0.25) is 0 Å². The summed E-state index contributed by atoms with van der Waals surface area (Å²) < 4.78 is 12.8. The van der Waals surface area contributed by atoms with E-state index in [1.807, 2.05) is 6.07 Å². The summed E-state index contributed by atoms with van der Waals surface area (Å²) in [6, 6.07) is 6.19. The third-order valence-electron chi connectivity index (χ3n) is 2.44. The molecule has 3 heteroatoms. The number of hydrogen-bond donors (Lipinski definition) is 1. The highest BCUT2D eigenvalue weighted by atomic mass is 19.1. The van der Waals surface area contributed by atoms with Gasteiger partial charge in [-0.05, 0) is 24.1 Å². The zero-order valence-electron chi connectivity index (χ0n) is 9.05. The summed E-state index contributed by atoms with van der Waals surface area (Å²) in [6.45, 7) is 5.04. The standard InChI is InChI=1S/C12H15FN2/c1-3-9(2)8-15-12-5-4-11(13)6-10(12)7-14/h4-6,9,15H,3,8H2,1-2H3. The van der Waals surface area contributed by atoms with Crippen LogP contribution in [-0.4, -0.2) is 6.54 Å². The summed E-state index contributed by atoms with van der Waals surface area (Å²) >= 11 is 0. The van der Waals surface area contributed by atoms with Crippen LogP contribution in [0.5, 0.6) is 0 Å². The molecule has 1 N–H and O–H groups in total. The molecule has 0 heterocycles. The molecule has 0 bridgehead atoms. The topological polar surface area (TPSA) is 35.8 Å². The lowest BCUT2D eigenvalue weighted by Gasteiger charge is -2.12. The maximum atomic E-state index is 12.8. The lowest BCUT2D eigenvalue weighted by atomic mass is 10.1. The third kappa shape index (κ3) is 3.25. The second kappa shape index (κ2) is 5.35. The van der Waals surface area contributed by atoms with Gasteiger partial charge in [0.15, 0.2) is 0 Å². The van der Waals surface area contributed by atoms with Crippen molar-refractivity contribution in [2.24, 2.45) is 5.92 Å². The molecule has 0 aromatic heterocycles. The van der Waals surface area contributed by atoms with Crippen LogP contribution in [0.15, 0.2) is 18.2 Å². The van der Waals surface area contributed by atoms with E-state index >= 15 is 0 Å². The summed E-state index contributed by atoms with van der Waals surface area (Å²) in [5.41, 5.74) is 1.07. The summed E-state index contributed by atoms with van der Waals surface area (Å²) in [5.74, 6) is 0.169. The fourth-order valence-corrected chi connectivity index (χ4v) is 1.19. The molecule has 0 radical (unpaired) electrons. The molecule has 0 aliphatic rings. The number of nitriles is 1. The van der Waals surface area contributed by atoms with Crippen LogP contribution in [0, 0.1) is 23.1 Å². The molecule has 1 aromatic carbocycles. The maximum Gasteiger partial charge on any atom is 0.124 e. The molecule has 15 heavy (non-hydrogen) atoms. The van der Waals surface area contributed by atoms with Crippen molar-refractivity contribution in [3.8, 4) is 6.07 Å². The summed E-state index contributed by atoms with van der Waals surface area (Å²) in [4.78, 5) is 0. The van der Waals surface area contributed by atoms with Crippen molar-refractivity contribution in [3.63, 3.8) is 0 Å². The number of halogens is 1. The van der Waals surface area contributed by atoms with Crippen molar-refractivity contribution in [1.29, 1.82) is 5.26 Å². The van der Waals surface area contributed by atoms with E-state index in [0.29, 0.717) is 17.2 Å². The van der Waals surface area contributed by atoms with Gasteiger partial charge in [0.25, 0.3) is 0 Å². The SMILES string of the molecule is CCC(C)CNc1ccc(F)cc1C#N. The quantitative estimate of drug-likeness (QED) is 0.821.